The molecule has 104 valence electrons. The summed E-state index contributed by atoms with van der Waals surface area (Å²) < 4.78 is 5.28. The van der Waals surface area contributed by atoms with Gasteiger partial charge in [-0.05, 0) is 50.4 Å². The van der Waals surface area contributed by atoms with Gasteiger partial charge in [-0.3, -0.25) is 0 Å². The Kier molecular flexibility index (Phi) is 3.70. The molecule has 3 saturated heterocycles. The van der Waals surface area contributed by atoms with Crippen LogP contribution in [0, 0.1) is 5.92 Å². The van der Waals surface area contributed by atoms with Crippen molar-refractivity contribution in [1.29, 1.82) is 0 Å². The number of piperidine rings is 3. The van der Waals surface area contributed by atoms with Gasteiger partial charge < -0.3 is 15.0 Å². The maximum atomic E-state index is 5.89. The molecular weight excluding hydrogens is 266 g/mol. The molecule has 0 radical (unpaired) electrons. The number of anilines is 1. The predicted octanol–water partition coefficient (Wildman–Crippen LogP) is 1.43. The molecule has 0 saturated carbocycles. The van der Waals surface area contributed by atoms with Gasteiger partial charge in [-0.25, -0.2) is 0 Å². The maximum absolute atomic E-state index is 5.89. The molecule has 3 fully saturated rings. The number of aromatic nitrogens is 3. The number of nitrogens with zero attached hydrogens (tertiary/aromatic N) is 4. The van der Waals surface area contributed by atoms with E-state index in [2.05, 4.69) is 25.2 Å². The number of ether oxygens (including phenoxy) is 1. The summed E-state index contributed by atoms with van der Waals surface area (Å²) in [4.78, 5) is 14.8. The lowest BCUT2D eigenvalue weighted by Gasteiger charge is -2.44. The summed E-state index contributed by atoms with van der Waals surface area (Å²) >= 11 is 5.89. The average Bonchev–Trinajstić information content (AvgIpc) is 2.39. The molecule has 4 rings (SSSR count). The molecule has 1 unspecified atom stereocenters. The zero-order valence-corrected chi connectivity index (χ0v) is 11.7. The summed E-state index contributed by atoms with van der Waals surface area (Å²) in [6.45, 7) is 5.88. The smallest absolute Gasteiger partial charge is 0.322 e. The Labute approximate surface area is 117 Å². The van der Waals surface area contributed by atoms with Crippen molar-refractivity contribution < 1.29 is 4.74 Å². The molecule has 6 nitrogen and oxygen atoms in total. The Morgan fingerprint density at radius 2 is 2.11 bits per heavy atom. The zero-order valence-electron chi connectivity index (χ0n) is 11.0. The van der Waals surface area contributed by atoms with Crippen LogP contribution in [0.15, 0.2) is 0 Å². The van der Waals surface area contributed by atoms with E-state index in [0.29, 0.717) is 24.5 Å². The first-order valence-electron chi connectivity index (χ1n) is 6.78. The van der Waals surface area contributed by atoms with Gasteiger partial charge in [-0.2, -0.15) is 15.0 Å². The van der Waals surface area contributed by atoms with Crippen molar-refractivity contribution in [1.82, 2.24) is 19.9 Å². The van der Waals surface area contributed by atoms with Crippen LogP contribution in [0.2, 0.25) is 5.28 Å². The van der Waals surface area contributed by atoms with Gasteiger partial charge in [0.05, 0.1) is 6.61 Å². The summed E-state index contributed by atoms with van der Waals surface area (Å²) in [5, 5.41) is 3.55. The third-order valence-electron chi connectivity index (χ3n) is 3.83. The first kappa shape index (κ1) is 12.9. The minimum Gasteiger partial charge on any atom is -0.464 e. The van der Waals surface area contributed by atoms with E-state index in [1.54, 1.807) is 0 Å². The summed E-state index contributed by atoms with van der Waals surface area (Å²) in [5.41, 5.74) is 0. The van der Waals surface area contributed by atoms with Crippen molar-refractivity contribution in [2.75, 3.05) is 31.6 Å². The average molecular weight is 284 g/mol. The molecule has 2 bridgehead atoms. The molecule has 0 spiro atoms. The second-order valence-corrected chi connectivity index (χ2v) is 5.37. The molecular formula is C12H18ClN5O. The van der Waals surface area contributed by atoms with Crippen molar-refractivity contribution >= 4 is 17.5 Å². The van der Waals surface area contributed by atoms with Crippen LogP contribution in [-0.4, -0.2) is 52.1 Å². The molecule has 0 aromatic carbocycles. The maximum Gasteiger partial charge on any atom is 0.322 e. The number of nitrogens with one attached hydrogen (secondary N) is 1. The monoisotopic (exact) mass is 283 g/mol. The molecule has 7 heteroatoms. The summed E-state index contributed by atoms with van der Waals surface area (Å²) in [5.74, 6) is 1.22. The highest BCUT2D eigenvalue weighted by Crippen LogP contribution is 2.29. The zero-order chi connectivity index (χ0) is 13.2. The van der Waals surface area contributed by atoms with E-state index < -0.39 is 0 Å². The van der Waals surface area contributed by atoms with Crippen LogP contribution >= 0.6 is 11.6 Å². The van der Waals surface area contributed by atoms with Gasteiger partial charge in [0.15, 0.2) is 0 Å². The SMILES string of the molecule is CCOc1nc(Cl)nc(NC2CN3CCC2CC3)n1. The topological polar surface area (TPSA) is 63.2 Å². The fourth-order valence-corrected chi connectivity index (χ4v) is 3.04. The van der Waals surface area contributed by atoms with Crippen LogP contribution in [0.25, 0.3) is 0 Å². The Morgan fingerprint density at radius 1 is 1.32 bits per heavy atom. The van der Waals surface area contributed by atoms with Crippen LogP contribution in [0.4, 0.5) is 5.95 Å². The van der Waals surface area contributed by atoms with E-state index >= 15 is 0 Å². The molecule has 1 aromatic heterocycles. The Bertz CT molecular complexity index is 450. The van der Waals surface area contributed by atoms with E-state index in [4.69, 9.17) is 16.3 Å². The fourth-order valence-electron chi connectivity index (χ4n) is 2.88. The Morgan fingerprint density at radius 3 is 2.74 bits per heavy atom. The van der Waals surface area contributed by atoms with Gasteiger partial charge in [-0.1, -0.05) is 0 Å². The van der Waals surface area contributed by atoms with Crippen molar-refractivity contribution in [3.8, 4) is 6.01 Å². The first-order valence-corrected chi connectivity index (χ1v) is 7.15. The number of hydrogen-bond acceptors (Lipinski definition) is 6. The van der Waals surface area contributed by atoms with Crippen LogP contribution < -0.4 is 10.1 Å². The van der Waals surface area contributed by atoms with Gasteiger partial charge in [-0.15, -0.1) is 0 Å². The van der Waals surface area contributed by atoms with E-state index in [1.165, 1.54) is 25.9 Å². The largest absolute Gasteiger partial charge is 0.464 e. The van der Waals surface area contributed by atoms with Crippen LogP contribution in [0.3, 0.4) is 0 Å². The Balaban J connectivity index is 1.72. The standard InChI is InChI=1S/C12H18ClN5O/c1-2-19-12-16-10(13)15-11(17-12)14-9-7-18-5-3-8(9)4-6-18/h8-9H,2-7H2,1H3,(H,14,15,16,17). The van der Waals surface area contributed by atoms with Gasteiger partial charge in [0.2, 0.25) is 11.2 Å². The number of fused-ring (bicyclic) bond motifs is 3. The lowest BCUT2D eigenvalue weighted by atomic mass is 9.84. The van der Waals surface area contributed by atoms with Crippen LogP contribution in [0.1, 0.15) is 19.8 Å². The minimum atomic E-state index is 0.169. The summed E-state index contributed by atoms with van der Waals surface area (Å²) in [6.07, 6.45) is 2.49. The third kappa shape index (κ3) is 2.90. The van der Waals surface area contributed by atoms with E-state index in [-0.39, 0.29) is 11.3 Å². The molecule has 1 aromatic rings. The van der Waals surface area contributed by atoms with Gasteiger partial charge in [0.1, 0.15) is 0 Å². The number of rotatable bonds is 4. The number of hydrogen-bond donors (Lipinski definition) is 1. The Hall–Kier alpha value is -1.14. The van der Waals surface area contributed by atoms with Gasteiger partial charge >= 0.3 is 6.01 Å². The lowest BCUT2D eigenvalue weighted by molar-refractivity contribution is 0.0971. The fraction of sp³-hybridized carbons (Fsp3) is 0.750. The molecule has 0 aliphatic carbocycles. The van der Waals surface area contributed by atoms with E-state index in [1.807, 2.05) is 6.92 Å². The minimum absolute atomic E-state index is 0.169. The second kappa shape index (κ2) is 5.46. The third-order valence-corrected chi connectivity index (χ3v) is 4.00. The molecule has 19 heavy (non-hydrogen) atoms. The van der Waals surface area contributed by atoms with Gasteiger partial charge in [0.25, 0.3) is 0 Å². The highest BCUT2D eigenvalue weighted by Gasteiger charge is 2.34. The van der Waals surface area contributed by atoms with Crippen molar-refractivity contribution in [2.45, 2.75) is 25.8 Å². The van der Waals surface area contributed by atoms with Crippen molar-refractivity contribution in [3.05, 3.63) is 5.28 Å². The molecule has 3 aliphatic heterocycles. The molecule has 1 atom stereocenters. The van der Waals surface area contributed by atoms with Crippen molar-refractivity contribution in [3.63, 3.8) is 0 Å². The van der Waals surface area contributed by atoms with Crippen molar-refractivity contribution in [2.24, 2.45) is 5.92 Å². The second-order valence-electron chi connectivity index (χ2n) is 5.03. The van der Waals surface area contributed by atoms with E-state index in [9.17, 15) is 0 Å². The quantitative estimate of drug-likeness (QED) is 0.902. The number of halogens is 1. The summed E-state index contributed by atoms with van der Waals surface area (Å²) in [7, 11) is 0. The molecule has 1 N–H and O–H groups in total. The predicted molar refractivity (Wildman–Crippen MR) is 72.6 cm³/mol. The lowest BCUT2D eigenvalue weighted by Crippen LogP contribution is -2.53. The highest BCUT2D eigenvalue weighted by atomic mass is 35.5. The molecule has 0 amide bonds. The summed E-state index contributed by atoms with van der Waals surface area (Å²) in [6, 6.07) is 0.682. The molecule has 3 aliphatic rings. The molecule has 4 heterocycles. The van der Waals surface area contributed by atoms with Crippen LogP contribution in [-0.2, 0) is 0 Å². The highest BCUT2D eigenvalue weighted by molar-refractivity contribution is 6.28. The first-order chi connectivity index (χ1) is 9.24. The van der Waals surface area contributed by atoms with Crippen LogP contribution in [0.5, 0.6) is 6.01 Å². The van der Waals surface area contributed by atoms with Gasteiger partial charge in [0, 0.05) is 12.6 Å². The normalized spacial score (nSPS) is 29.3. The van der Waals surface area contributed by atoms with E-state index in [0.717, 1.165) is 6.54 Å².